The third-order valence-electron chi connectivity index (χ3n) is 5.85. The molecular formula is C17H38O4Si2. The lowest BCUT2D eigenvalue weighted by molar-refractivity contribution is -0.105. The highest BCUT2D eigenvalue weighted by molar-refractivity contribution is 6.74. The topological polar surface area (TPSA) is 47.9 Å². The van der Waals surface area contributed by atoms with Crippen molar-refractivity contribution >= 4 is 16.6 Å². The van der Waals surface area contributed by atoms with E-state index in [0.29, 0.717) is 13.0 Å². The molecule has 0 aromatic heterocycles. The highest BCUT2D eigenvalue weighted by Gasteiger charge is 2.45. The summed E-state index contributed by atoms with van der Waals surface area (Å²) in [4.78, 5) is 0. The van der Waals surface area contributed by atoms with Gasteiger partial charge in [0.2, 0.25) is 0 Å². The molecule has 1 aliphatic heterocycles. The zero-order chi connectivity index (χ0) is 18.3. The molecule has 0 aliphatic carbocycles. The van der Waals surface area contributed by atoms with Crippen LogP contribution in [0.15, 0.2) is 0 Å². The Hall–Kier alpha value is 0.274. The molecule has 138 valence electrons. The first kappa shape index (κ1) is 21.3. The maximum atomic E-state index is 9.93. The number of ether oxygens (including phenoxy) is 1. The van der Waals surface area contributed by atoms with Gasteiger partial charge in [0.1, 0.15) is 6.10 Å². The van der Waals surface area contributed by atoms with Gasteiger partial charge in [0, 0.05) is 6.42 Å². The Kier molecular flexibility index (Phi) is 6.38. The SMILES string of the molecule is CC(C)(C)[Si](C)(C)OC[C@H]1OC(O)CC1O[Si](C)(C)C(C)(C)C. The van der Waals surface area contributed by atoms with Crippen molar-refractivity contribution in [3.05, 3.63) is 0 Å². The zero-order valence-corrected chi connectivity index (χ0v) is 18.8. The van der Waals surface area contributed by atoms with Gasteiger partial charge in [0.25, 0.3) is 0 Å². The van der Waals surface area contributed by atoms with E-state index in [4.69, 9.17) is 13.6 Å². The van der Waals surface area contributed by atoms with Gasteiger partial charge in [-0.05, 0) is 36.3 Å². The molecule has 0 bridgehead atoms. The Bertz CT molecular complexity index is 396. The first-order valence-electron chi connectivity index (χ1n) is 8.72. The molecule has 1 saturated heterocycles. The van der Waals surface area contributed by atoms with Crippen molar-refractivity contribution < 1.29 is 18.7 Å². The van der Waals surface area contributed by atoms with Crippen LogP contribution in [0.25, 0.3) is 0 Å². The molecule has 1 fully saturated rings. The summed E-state index contributed by atoms with van der Waals surface area (Å²) in [6, 6.07) is 0. The van der Waals surface area contributed by atoms with E-state index in [2.05, 4.69) is 67.7 Å². The van der Waals surface area contributed by atoms with Crippen LogP contribution in [0.4, 0.5) is 0 Å². The van der Waals surface area contributed by atoms with Gasteiger partial charge in [0.15, 0.2) is 22.9 Å². The molecule has 3 atom stereocenters. The van der Waals surface area contributed by atoms with Crippen LogP contribution in [0.5, 0.6) is 0 Å². The molecule has 0 aromatic carbocycles. The second kappa shape index (κ2) is 6.88. The molecule has 6 heteroatoms. The highest BCUT2D eigenvalue weighted by atomic mass is 28.4. The van der Waals surface area contributed by atoms with Crippen molar-refractivity contribution in [2.24, 2.45) is 0 Å². The minimum absolute atomic E-state index is 0.0735. The van der Waals surface area contributed by atoms with Gasteiger partial charge in [-0.3, -0.25) is 0 Å². The molecule has 0 amide bonds. The summed E-state index contributed by atoms with van der Waals surface area (Å²) in [5, 5.41) is 10.2. The highest BCUT2D eigenvalue weighted by Crippen LogP contribution is 2.40. The summed E-state index contributed by atoms with van der Waals surface area (Å²) in [6.07, 6.45) is -0.445. The summed E-state index contributed by atoms with van der Waals surface area (Å²) in [6.45, 7) is 22.8. The van der Waals surface area contributed by atoms with Crippen LogP contribution in [0.2, 0.25) is 36.3 Å². The molecule has 0 spiro atoms. The lowest BCUT2D eigenvalue weighted by Crippen LogP contribution is -2.48. The van der Waals surface area contributed by atoms with E-state index in [1.54, 1.807) is 0 Å². The first-order valence-corrected chi connectivity index (χ1v) is 14.5. The fraction of sp³-hybridized carbons (Fsp3) is 1.00. The average molecular weight is 363 g/mol. The Labute approximate surface area is 145 Å². The maximum absolute atomic E-state index is 9.93. The molecule has 1 heterocycles. The van der Waals surface area contributed by atoms with Crippen LogP contribution in [0, 0.1) is 0 Å². The standard InChI is InChI=1S/C17H38O4Si2/c1-16(2,3)22(7,8)19-12-14-13(11-15(18)20-14)21-23(9,10)17(4,5)6/h13-15,18H,11-12H2,1-10H3/t13?,14-,15?/m1/s1. The first-order chi connectivity index (χ1) is 10.1. The maximum Gasteiger partial charge on any atom is 0.192 e. The number of aliphatic hydroxyl groups excluding tert-OH is 1. The molecule has 1 N–H and O–H groups in total. The summed E-state index contributed by atoms with van der Waals surface area (Å²) < 4.78 is 18.5. The molecule has 0 radical (unpaired) electrons. The monoisotopic (exact) mass is 362 g/mol. The predicted molar refractivity (Wildman–Crippen MR) is 101 cm³/mol. The van der Waals surface area contributed by atoms with E-state index in [-0.39, 0.29) is 22.3 Å². The lowest BCUT2D eigenvalue weighted by Gasteiger charge is -2.40. The zero-order valence-electron chi connectivity index (χ0n) is 16.8. The van der Waals surface area contributed by atoms with Gasteiger partial charge in [-0.15, -0.1) is 0 Å². The summed E-state index contributed by atoms with van der Waals surface area (Å²) >= 11 is 0. The Balaban J connectivity index is 2.74. The molecule has 0 aromatic rings. The lowest BCUT2D eigenvalue weighted by atomic mass is 10.2. The smallest absolute Gasteiger partial charge is 0.192 e. The van der Waals surface area contributed by atoms with E-state index in [1.807, 2.05) is 0 Å². The van der Waals surface area contributed by atoms with Crippen molar-refractivity contribution in [3.63, 3.8) is 0 Å². The molecule has 1 aliphatic rings. The molecule has 23 heavy (non-hydrogen) atoms. The Morgan fingerprint density at radius 1 is 0.957 bits per heavy atom. The average Bonchev–Trinajstić information content (AvgIpc) is 2.63. The van der Waals surface area contributed by atoms with Gasteiger partial charge in [0.05, 0.1) is 12.7 Å². The van der Waals surface area contributed by atoms with Gasteiger partial charge in [-0.2, -0.15) is 0 Å². The van der Waals surface area contributed by atoms with Crippen molar-refractivity contribution in [2.45, 2.75) is 103 Å². The summed E-state index contributed by atoms with van der Waals surface area (Å²) in [7, 11) is -3.71. The molecular weight excluding hydrogens is 324 g/mol. The van der Waals surface area contributed by atoms with Gasteiger partial charge in [-0.1, -0.05) is 41.5 Å². The van der Waals surface area contributed by atoms with Crippen LogP contribution in [0.1, 0.15) is 48.0 Å². The minimum Gasteiger partial charge on any atom is -0.414 e. The van der Waals surface area contributed by atoms with Crippen LogP contribution in [-0.2, 0) is 13.6 Å². The van der Waals surface area contributed by atoms with Crippen LogP contribution < -0.4 is 0 Å². The Morgan fingerprint density at radius 3 is 1.87 bits per heavy atom. The second-order valence-electron chi connectivity index (χ2n) is 9.85. The molecule has 1 rings (SSSR count). The van der Waals surface area contributed by atoms with E-state index in [9.17, 15) is 5.11 Å². The molecule has 4 nitrogen and oxygen atoms in total. The normalized spacial score (nSPS) is 27.5. The number of aliphatic hydroxyl groups is 1. The van der Waals surface area contributed by atoms with Crippen molar-refractivity contribution in [1.82, 2.24) is 0 Å². The summed E-state index contributed by atoms with van der Waals surface area (Å²) in [5.74, 6) is 0. The van der Waals surface area contributed by atoms with Crippen LogP contribution in [0.3, 0.4) is 0 Å². The molecule has 0 saturated carbocycles. The van der Waals surface area contributed by atoms with Crippen molar-refractivity contribution in [2.75, 3.05) is 6.61 Å². The van der Waals surface area contributed by atoms with E-state index in [1.165, 1.54) is 0 Å². The number of hydrogen-bond donors (Lipinski definition) is 1. The summed E-state index contributed by atoms with van der Waals surface area (Å²) in [5.41, 5.74) is 0. The van der Waals surface area contributed by atoms with Crippen LogP contribution in [-0.4, -0.2) is 46.8 Å². The largest absolute Gasteiger partial charge is 0.414 e. The third kappa shape index (κ3) is 5.37. The quantitative estimate of drug-likeness (QED) is 0.731. The minimum atomic E-state index is -1.89. The fourth-order valence-electron chi connectivity index (χ4n) is 2.03. The van der Waals surface area contributed by atoms with E-state index in [0.717, 1.165) is 0 Å². The van der Waals surface area contributed by atoms with Crippen molar-refractivity contribution in [1.29, 1.82) is 0 Å². The molecule has 2 unspecified atom stereocenters. The Morgan fingerprint density at radius 2 is 1.43 bits per heavy atom. The second-order valence-corrected chi connectivity index (χ2v) is 19.4. The number of rotatable bonds is 5. The van der Waals surface area contributed by atoms with Gasteiger partial charge in [-0.25, -0.2) is 0 Å². The fourth-order valence-corrected chi connectivity index (χ4v) is 4.40. The predicted octanol–water partition coefficient (Wildman–Crippen LogP) is 4.51. The third-order valence-corrected chi connectivity index (χ3v) is 14.9. The van der Waals surface area contributed by atoms with Crippen molar-refractivity contribution in [3.8, 4) is 0 Å². The number of hydrogen-bond acceptors (Lipinski definition) is 4. The van der Waals surface area contributed by atoms with E-state index < -0.39 is 22.9 Å². The van der Waals surface area contributed by atoms with Gasteiger partial charge >= 0.3 is 0 Å². The van der Waals surface area contributed by atoms with Gasteiger partial charge < -0.3 is 18.7 Å². The van der Waals surface area contributed by atoms with Crippen LogP contribution >= 0.6 is 0 Å². The van der Waals surface area contributed by atoms with E-state index >= 15 is 0 Å².